The number of rotatable bonds is 7. The standard InChI is InChI=1S/C13H21BF2N2O2/c1-5-13(3,4)20-14(19-6-2)10-8-18-11(17)7-9(10)12(15)16/h7-8,12H,5-6H2,1-4H3,(H2,17,18). The molecule has 0 aliphatic heterocycles. The lowest BCUT2D eigenvalue weighted by Crippen LogP contribution is -2.45. The van der Waals surface area contributed by atoms with Gasteiger partial charge < -0.3 is 15.0 Å². The first-order valence-electron chi connectivity index (χ1n) is 6.63. The SMILES string of the molecule is CCOB(OC(C)(C)CC)c1cnc(N)cc1C(F)F. The zero-order valence-electron chi connectivity index (χ0n) is 12.3. The molecule has 2 N–H and O–H groups in total. The zero-order valence-corrected chi connectivity index (χ0v) is 12.3. The molecule has 0 bridgehead atoms. The van der Waals surface area contributed by atoms with Crippen molar-refractivity contribution in [1.82, 2.24) is 4.98 Å². The van der Waals surface area contributed by atoms with Crippen LogP contribution < -0.4 is 11.2 Å². The summed E-state index contributed by atoms with van der Waals surface area (Å²) in [6.45, 7) is 7.84. The summed E-state index contributed by atoms with van der Waals surface area (Å²) in [5.74, 6) is 0.0500. The highest BCUT2D eigenvalue weighted by atomic mass is 19.3. The predicted octanol–water partition coefficient (Wildman–Crippen LogP) is 2.54. The van der Waals surface area contributed by atoms with Crippen LogP contribution in [0.2, 0.25) is 0 Å². The van der Waals surface area contributed by atoms with Gasteiger partial charge in [-0.05, 0) is 33.3 Å². The molecule has 1 rings (SSSR count). The van der Waals surface area contributed by atoms with Crippen LogP contribution in [0.15, 0.2) is 12.3 Å². The number of pyridine rings is 1. The van der Waals surface area contributed by atoms with E-state index < -0.39 is 19.1 Å². The summed E-state index contributed by atoms with van der Waals surface area (Å²) >= 11 is 0. The van der Waals surface area contributed by atoms with Gasteiger partial charge in [0.15, 0.2) is 0 Å². The van der Waals surface area contributed by atoms with Gasteiger partial charge in [0.25, 0.3) is 6.43 Å². The van der Waals surface area contributed by atoms with E-state index in [1.165, 1.54) is 6.20 Å². The Labute approximate surface area is 118 Å². The Morgan fingerprint density at radius 1 is 1.40 bits per heavy atom. The van der Waals surface area contributed by atoms with Gasteiger partial charge in [0, 0.05) is 29.4 Å². The van der Waals surface area contributed by atoms with Crippen LogP contribution in [0.1, 0.15) is 46.1 Å². The summed E-state index contributed by atoms with van der Waals surface area (Å²) in [4.78, 5) is 3.87. The molecule has 0 saturated heterocycles. The van der Waals surface area contributed by atoms with Crippen molar-refractivity contribution in [2.45, 2.75) is 46.1 Å². The smallest absolute Gasteiger partial charge is 0.408 e. The molecule has 0 atom stereocenters. The molecular formula is C13H21BF2N2O2. The van der Waals surface area contributed by atoms with Gasteiger partial charge in [-0.2, -0.15) is 0 Å². The maximum atomic E-state index is 13.1. The topological polar surface area (TPSA) is 57.4 Å². The third-order valence-electron chi connectivity index (χ3n) is 3.07. The molecule has 0 fully saturated rings. The number of nitrogens with two attached hydrogens (primary N) is 1. The monoisotopic (exact) mass is 286 g/mol. The largest absolute Gasteiger partial charge is 0.496 e. The highest BCUT2D eigenvalue weighted by molar-refractivity contribution is 6.61. The number of nitrogen functional groups attached to an aromatic ring is 1. The molecule has 20 heavy (non-hydrogen) atoms. The number of hydrogen-bond acceptors (Lipinski definition) is 4. The number of aromatic nitrogens is 1. The Kier molecular flexibility index (Phi) is 5.89. The first-order valence-corrected chi connectivity index (χ1v) is 6.63. The molecule has 1 heterocycles. The van der Waals surface area contributed by atoms with Crippen molar-refractivity contribution in [3.05, 3.63) is 17.8 Å². The minimum Gasteiger partial charge on any atom is -0.408 e. The van der Waals surface area contributed by atoms with E-state index in [-0.39, 0.29) is 16.8 Å². The molecule has 0 aromatic carbocycles. The van der Waals surface area contributed by atoms with Gasteiger partial charge in [0.1, 0.15) is 5.82 Å². The Morgan fingerprint density at radius 2 is 2.05 bits per heavy atom. The molecule has 0 radical (unpaired) electrons. The summed E-state index contributed by atoms with van der Waals surface area (Å²) in [6.07, 6.45) is -0.641. The van der Waals surface area contributed by atoms with Gasteiger partial charge >= 0.3 is 7.12 Å². The fourth-order valence-electron chi connectivity index (χ4n) is 1.60. The summed E-state index contributed by atoms with van der Waals surface area (Å²) in [5, 5.41) is 0. The summed E-state index contributed by atoms with van der Waals surface area (Å²) in [6, 6.07) is 1.16. The lowest BCUT2D eigenvalue weighted by Gasteiger charge is -2.28. The predicted molar refractivity (Wildman–Crippen MR) is 76.1 cm³/mol. The van der Waals surface area contributed by atoms with Crippen molar-refractivity contribution in [3.8, 4) is 0 Å². The van der Waals surface area contributed by atoms with Crippen LogP contribution in [0.25, 0.3) is 0 Å². The average molecular weight is 286 g/mol. The first kappa shape index (κ1) is 16.8. The molecule has 0 spiro atoms. The van der Waals surface area contributed by atoms with Crippen LogP contribution in [0, 0.1) is 0 Å². The summed E-state index contributed by atoms with van der Waals surface area (Å²) in [5.41, 5.74) is 5.00. The average Bonchev–Trinajstić information content (AvgIpc) is 2.38. The molecule has 4 nitrogen and oxygen atoms in total. The van der Waals surface area contributed by atoms with Gasteiger partial charge in [0.05, 0.1) is 0 Å². The zero-order chi connectivity index (χ0) is 15.3. The lowest BCUT2D eigenvalue weighted by atomic mass is 9.75. The summed E-state index contributed by atoms with van der Waals surface area (Å²) < 4.78 is 37.5. The second-order valence-corrected chi connectivity index (χ2v) is 5.06. The van der Waals surface area contributed by atoms with Crippen LogP contribution in [-0.4, -0.2) is 24.3 Å². The van der Waals surface area contributed by atoms with E-state index in [0.717, 1.165) is 12.5 Å². The first-order chi connectivity index (χ1) is 9.30. The van der Waals surface area contributed by atoms with Crippen molar-refractivity contribution < 1.29 is 18.1 Å². The quantitative estimate of drug-likeness (QED) is 0.782. The van der Waals surface area contributed by atoms with Crippen molar-refractivity contribution in [2.75, 3.05) is 12.3 Å². The molecule has 0 aliphatic carbocycles. The van der Waals surface area contributed by atoms with Gasteiger partial charge in [-0.25, -0.2) is 13.8 Å². The van der Waals surface area contributed by atoms with Crippen LogP contribution in [0.3, 0.4) is 0 Å². The van der Waals surface area contributed by atoms with E-state index in [4.69, 9.17) is 15.0 Å². The fourth-order valence-corrected chi connectivity index (χ4v) is 1.60. The second kappa shape index (κ2) is 6.99. The van der Waals surface area contributed by atoms with Crippen LogP contribution in [0.5, 0.6) is 0 Å². The van der Waals surface area contributed by atoms with E-state index in [9.17, 15) is 8.78 Å². The maximum Gasteiger partial charge on any atom is 0.496 e. The molecule has 7 heteroatoms. The van der Waals surface area contributed by atoms with Crippen LogP contribution in [0.4, 0.5) is 14.6 Å². The minimum absolute atomic E-state index is 0.0500. The van der Waals surface area contributed by atoms with E-state index in [0.29, 0.717) is 6.61 Å². The molecule has 1 aromatic rings. The van der Waals surface area contributed by atoms with Crippen molar-refractivity contribution in [3.63, 3.8) is 0 Å². The molecule has 0 saturated carbocycles. The molecule has 0 unspecified atom stereocenters. The normalized spacial score (nSPS) is 11.9. The van der Waals surface area contributed by atoms with Gasteiger partial charge in [-0.3, -0.25) is 0 Å². The Morgan fingerprint density at radius 3 is 2.55 bits per heavy atom. The lowest BCUT2D eigenvalue weighted by molar-refractivity contribution is 0.0699. The van der Waals surface area contributed by atoms with Crippen LogP contribution >= 0.6 is 0 Å². The Balaban J connectivity index is 3.14. The molecule has 1 aromatic heterocycles. The second-order valence-electron chi connectivity index (χ2n) is 5.06. The Hall–Kier alpha value is -1.21. The Bertz CT molecular complexity index is 444. The van der Waals surface area contributed by atoms with Crippen molar-refractivity contribution in [1.29, 1.82) is 0 Å². The van der Waals surface area contributed by atoms with Gasteiger partial charge in [-0.15, -0.1) is 0 Å². The van der Waals surface area contributed by atoms with E-state index in [1.54, 1.807) is 6.92 Å². The number of nitrogens with zero attached hydrogens (tertiary/aromatic N) is 1. The highest BCUT2D eigenvalue weighted by Gasteiger charge is 2.33. The third-order valence-corrected chi connectivity index (χ3v) is 3.07. The third kappa shape index (κ3) is 4.42. The molecule has 0 aliphatic rings. The number of alkyl halides is 2. The van der Waals surface area contributed by atoms with Crippen molar-refractivity contribution >= 4 is 18.4 Å². The maximum absolute atomic E-state index is 13.1. The minimum atomic E-state index is -2.66. The molecular weight excluding hydrogens is 265 g/mol. The summed E-state index contributed by atoms with van der Waals surface area (Å²) in [7, 11) is -0.882. The van der Waals surface area contributed by atoms with Gasteiger partial charge in [0.2, 0.25) is 0 Å². The number of halogens is 2. The molecule has 0 amide bonds. The van der Waals surface area contributed by atoms with Crippen molar-refractivity contribution in [2.24, 2.45) is 0 Å². The van der Waals surface area contributed by atoms with E-state index in [2.05, 4.69) is 4.98 Å². The fraction of sp³-hybridized carbons (Fsp3) is 0.615. The number of hydrogen-bond donors (Lipinski definition) is 1. The molecule has 112 valence electrons. The number of anilines is 1. The van der Waals surface area contributed by atoms with E-state index >= 15 is 0 Å². The highest BCUT2D eigenvalue weighted by Crippen LogP contribution is 2.21. The van der Waals surface area contributed by atoms with Crippen LogP contribution in [-0.2, 0) is 9.31 Å². The van der Waals surface area contributed by atoms with E-state index in [1.807, 2.05) is 20.8 Å². The van der Waals surface area contributed by atoms with Gasteiger partial charge in [-0.1, -0.05) is 6.92 Å².